The van der Waals surface area contributed by atoms with Gasteiger partial charge in [-0.05, 0) is 6.42 Å². The van der Waals surface area contributed by atoms with Gasteiger partial charge in [-0.2, -0.15) is 0 Å². The average Bonchev–Trinajstić information content (AvgIpc) is 2.57. The molecule has 0 rings (SSSR count). The zero-order valence-electron chi connectivity index (χ0n) is 16.0. The number of unbranched alkanes of at least 4 members (excludes halogenated alkanes) is 18. The molecule has 140 valence electrons. The highest BCUT2D eigenvalue weighted by Gasteiger charge is 1.95. The van der Waals surface area contributed by atoms with Crippen molar-refractivity contribution in [3.63, 3.8) is 0 Å². The number of rotatable bonds is 20. The largest absolute Gasteiger partial charge is 0.252 e. The lowest BCUT2D eigenvalue weighted by atomic mass is 10.0. The lowest BCUT2D eigenvalue weighted by Crippen LogP contribution is -1.88. The van der Waals surface area contributed by atoms with E-state index < -0.39 is 0 Å². The predicted molar refractivity (Wildman–Crippen MR) is 102 cm³/mol. The molecule has 0 aromatic heterocycles. The SMILES string of the molecule is CCCCCCCCCCCCCCCCCCCCCOO. The summed E-state index contributed by atoms with van der Waals surface area (Å²) in [5, 5.41) is 8.21. The van der Waals surface area contributed by atoms with Crippen molar-refractivity contribution in [1.82, 2.24) is 0 Å². The van der Waals surface area contributed by atoms with Crippen molar-refractivity contribution >= 4 is 0 Å². The Labute approximate surface area is 146 Å². The Morgan fingerprint density at radius 3 is 0.957 bits per heavy atom. The van der Waals surface area contributed by atoms with E-state index in [2.05, 4.69) is 11.8 Å². The van der Waals surface area contributed by atoms with Crippen molar-refractivity contribution in [2.45, 2.75) is 129 Å². The minimum atomic E-state index is 0.499. The number of hydrogen-bond donors (Lipinski definition) is 1. The molecule has 0 aliphatic rings. The highest BCUT2D eigenvalue weighted by Crippen LogP contribution is 2.14. The third-order valence-electron chi connectivity index (χ3n) is 4.84. The lowest BCUT2D eigenvalue weighted by Gasteiger charge is -2.03. The summed E-state index contributed by atoms with van der Waals surface area (Å²) in [6.45, 7) is 2.79. The molecule has 0 atom stereocenters. The predicted octanol–water partition coefficient (Wildman–Crippen LogP) is 7.91. The van der Waals surface area contributed by atoms with Crippen LogP contribution in [-0.2, 0) is 4.89 Å². The summed E-state index contributed by atoms with van der Waals surface area (Å²) < 4.78 is 0. The summed E-state index contributed by atoms with van der Waals surface area (Å²) in [7, 11) is 0. The van der Waals surface area contributed by atoms with Crippen molar-refractivity contribution in [3.05, 3.63) is 0 Å². The van der Waals surface area contributed by atoms with Crippen LogP contribution in [0.15, 0.2) is 0 Å². The van der Waals surface area contributed by atoms with Gasteiger partial charge in [0.05, 0.1) is 6.61 Å². The van der Waals surface area contributed by atoms with Crippen molar-refractivity contribution in [2.24, 2.45) is 0 Å². The van der Waals surface area contributed by atoms with Gasteiger partial charge in [0.2, 0.25) is 0 Å². The quantitative estimate of drug-likeness (QED) is 0.140. The van der Waals surface area contributed by atoms with Crippen LogP contribution in [0.3, 0.4) is 0 Å². The van der Waals surface area contributed by atoms with Crippen LogP contribution in [-0.4, -0.2) is 11.9 Å². The van der Waals surface area contributed by atoms with Crippen LogP contribution < -0.4 is 0 Å². The Morgan fingerprint density at radius 1 is 0.435 bits per heavy atom. The maximum absolute atomic E-state index is 8.21. The molecule has 2 heteroatoms. The van der Waals surface area contributed by atoms with Gasteiger partial charge < -0.3 is 0 Å². The van der Waals surface area contributed by atoms with Crippen LogP contribution in [0.25, 0.3) is 0 Å². The first-order valence-corrected chi connectivity index (χ1v) is 10.7. The molecule has 0 heterocycles. The molecule has 0 aliphatic carbocycles. The van der Waals surface area contributed by atoms with Gasteiger partial charge in [-0.15, -0.1) is 0 Å². The van der Waals surface area contributed by atoms with Gasteiger partial charge in [0, 0.05) is 0 Å². The summed E-state index contributed by atoms with van der Waals surface area (Å²) in [5.74, 6) is 0. The summed E-state index contributed by atoms with van der Waals surface area (Å²) in [6, 6.07) is 0. The Bertz CT molecular complexity index is 174. The lowest BCUT2D eigenvalue weighted by molar-refractivity contribution is -0.242. The smallest absolute Gasteiger partial charge is 0.0819 e. The van der Waals surface area contributed by atoms with Crippen LogP contribution >= 0.6 is 0 Å². The van der Waals surface area contributed by atoms with Gasteiger partial charge in [0.1, 0.15) is 0 Å². The first-order valence-electron chi connectivity index (χ1n) is 10.7. The molecule has 0 radical (unpaired) electrons. The van der Waals surface area contributed by atoms with Crippen LogP contribution in [0.1, 0.15) is 129 Å². The average molecular weight is 329 g/mol. The van der Waals surface area contributed by atoms with Gasteiger partial charge in [-0.3, -0.25) is 5.26 Å². The first-order chi connectivity index (χ1) is 11.4. The topological polar surface area (TPSA) is 29.5 Å². The summed E-state index contributed by atoms with van der Waals surface area (Å²) in [4.78, 5) is 4.07. The molecule has 0 aromatic carbocycles. The number of hydrogen-bond acceptors (Lipinski definition) is 2. The second-order valence-electron chi connectivity index (χ2n) is 7.20. The summed E-state index contributed by atoms with van der Waals surface area (Å²) in [6.07, 6.45) is 26.4. The first kappa shape index (κ1) is 22.9. The fourth-order valence-corrected chi connectivity index (χ4v) is 3.25. The third-order valence-corrected chi connectivity index (χ3v) is 4.84. The molecule has 0 spiro atoms. The van der Waals surface area contributed by atoms with Crippen molar-refractivity contribution in [1.29, 1.82) is 0 Å². The zero-order valence-corrected chi connectivity index (χ0v) is 16.0. The van der Waals surface area contributed by atoms with Gasteiger partial charge in [0.25, 0.3) is 0 Å². The minimum Gasteiger partial charge on any atom is -0.252 e. The van der Waals surface area contributed by atoms with E-state index in [1.165, 1.54) is 116 Å². The zero-order chi connectivity index (χ0) is 16.8. The molecule has 0 bridgehead atoms. The molecule has 0 unspecified atom stereocenters. The molecule has 0 saturated heterocycles. The fraction of sp³-hybridized carbons (Fsp3) is 1.00. The van der Waals surface area contributed by atoms with E-state index in [-0.39, 0.29) is 0 Å². The van der Waals surface area contributed by atoms with Crippen LogP contribution in [0, 0.1) is 0 Å². The van der Waals surface area contributed by atoms with E-state index in [1.807, 2.05) is 0 Å². The molecule has 0 saturated carbocycles. The molecule has 0 aliphatic heterocycles. The van der Waals surface area contributed by atoms with Crippen LogP contribution in [0.5, 0.6) is 0 Å². The monoisotopic (exact) mass is 328 g/mol. The van der Waals surface area contributed by atoms with E-state index in [0.29, 0.717) is 6.61 Å². The van der Waals surface area contributed by atoms with Crippen molar-refractivity contribution in [3.8, 4) is 0 Å². The van der Waals surface area contributed by atoms with E-state index in [4.69, 9.17) is 5.26 Å². The van der Waals surface area contributed by atoms with E-state index in [9.17, 15) is 0 Å². The molecule has 1 N–H and O–H groups in total. The Balaban J connectivity index is 2.92. The van der Waals surface area contributed by atoms with E-state index >= 15 is 0 Å². The normalized spacial score (nSPS) is 11.2. The Hall–Kier alpha value is -0.0800. The molecule has 23 heavy (non-hydrogen) atoms. The van der Waals surface area contributed by atoms with E-state index in [1.54, 1.807) is 0 Å². The summed E-state index contributed by atoms with van der Waals surface area (Å²) in [5.41, 5.74) is 0. The maximum Gasteiger partial charge on any atom is 0.0819 e. The fourth-order valence-electron chi connectivity index (χ4n) is 3.25. The molecular weight excluding hydrogens is 284 g/mol. The van der Waals surface area contributed by atoms with Crippen LogP contribution in [0.4, 0.5) is 0 Å². The maximum atomic E-state index is 8.21. The summed E-state index contributed by atoms with van der Waals surface area (Å²) >= 11 is 0. The highest BCUT2D eigenvalue weighted by atomic mass is 17.1. The van der Waals surface area contributed by atoms with Gasteiger partial charge >= 0.3 is 0 Å². The standard InChI is InChI=1S/C21H44O2/c1-2-3-4-5-6-7-8-9-10-11-12-13-14-15-16-17-18-19-20-21-23-22/h22H,2-21H2,1H3. The molecule has 0 fully saturated rings. The second kappa shape index (κ2) is 21.9. The van der Waals surface area contributed by atoms with Gasteiger partial charge in [0.15, 0.2) is 0 Å². The molecule has 2 nitrogen and oxygen atoms in total. The van der Waals surface area contributed by atoms with Gasteiger partial charge in [-0.1, -0.05) is 122 Å². The van der Waals surface area contributed by atoms with Crippen LogP contribution in [0.2, 0.25) is 0 Å². The Morgan fingerprint density at radius 2 is 0.696 bits per heavy atom. The molecule has 0 amide bonds. The van der Waals surface area contributed by atoms with E-state index in [0.717, 1.165) is 6.42 Å². The molecule has 0 aromatic rings. The third kappa shape index (κ3) is 21.9. The second-order valence-corrected chi connectivity index (χ2v) is 7.20. The van der Waals surface area contributed by atoms with Crippen molar-refractivity contribution in [2.75, 3.05) is 6.61 Å². The molecular formula is C21H44O2. The minimum absolute atomic E-state index is 0.499. The van der Waals surface area contributed by atoms with Gasteiger partial charge in [-0.25, -0.2) is 4.89 Å². The Kier molecular flexibility index (Phi) is 21.8. The highest BCUT2D eigenvalue weighted by molar-refractivity contribution is 4.50. The van der Waals surface area contributed by atoms with Crippen molar-refractivity contribution < 1.29 is 10.1 Å².